The highest BCUT2D eigenvalue weighted by Gasteiger charge is 2.31. The Labute approximate surface area is 168 Å². The lowest BCUT2D eigenvalue weighted by Gasteiger charge is -2.31. The Morgan fingerprint density at radius 1 is 1.14 bits per heavy atom. The minimum atomic E-state index is -0.0288. The van der Waals surface area contributed by atoms with Crippen molar-refractivity contribution in [2.24, 2.45) is 11.8 Å². The van der Waals surface area contributed by atoms with Crippen molar-refractivity contribution in [3.05, 3.63) is 24.2 Å². The van der Waals surface area contributed by atoms with E-state index in [1.54, 1.807) is 16.1 Å². The Hall–Kier alpha value is -1.82. The number of amides is 2. The second kappa shape index (κ2) is 10.1. The largest absolute Gasteiger partial charge is 0.467 e. The van der Waals surface area contributed by atoms with Crippen LogP contribution in [0.5, 0.6) is 0 Å². The van der Waals surface area contributed by atoms with Gasteiger partial charge in [-0.3, -0.25) is 9.59 Å². The molecular weight excluding hydrogens is 356 g/mol. The number of hydrogen-bond acceptors (Lipinski definition) is 4. The lowest BCUT2D eigenvalue weighted by Crippen LogP contribution is -2.47. The maximum absolute atomic E-state index is 13.2. The Kier molecular flexibility index (Phi) is 7.54. The molecule has 6 heteroatoms. The summed E-state index contributed by atoms with van der Waals surface area (Å²) in [5.74, 6) is 1.29. The van der Waals surface area contributed by atoms with Gasteiger partial charge in [0.2, 0.25) is 11.8 Å². The van der Waals surface area contributed by atoms with Crippen molar-refractivity contribution in [2.45, 2.75) is 65.0 Å². The summed E-state index contributed by atoms with van der Waals surface area (Å²) in [4.78, 5) is 29.8. The third-order valence-corrected chi connectivity index (χ3v) is 5.66. The molecule has 1 aliphatic carbocycles. The first-order valence-corrected chi connectivity index (χ1v) is 10.7. The Bertz CT molecular complexity index is 616. The van der Waals surface area contributed by atoms with Gasteiger partial charge in [-0.1, -0.05) is 26.7 Å². The second-order valence-electron chi connectivity index (χ2n) is 8.58. The topological polar surface area (TPSA) is 63.0 Å². The summed E-state index contributed by atoms with van der Waals surface area (Å²) in [6.07, 6.45) is 7.83. The molecule has 1 atom stereocenters. The van der Waals surface area contributed by atoms with Crippen LogP contribution in [-0.4, -0.2) is 54.0 Å². The molecule has 1 aromatic rings. The van der Waals surface area contributed by atoms with Crippen molar-refractivity contribution in [1.29, 1.82) is 0 Å². The van der Waals surface area contributed by atoms with Gasteiger partial charge in [0.1, 0.15) is 5.76 Å². The van der Waals surface area contributed by atoms with Crippen molar-refractivity contribution < 1.29 is 18.7 Å². The van der Waals surface area contributed by atoms with Crippen molar-refractivity contribution in [2.75, 3.05) is 26.2 Å². The van der Waals surface area contributed by atoms with E-state index in [1.807, 2.05) is 12.1 Å². The molecule has 6 nitrogen and oxygen atoms in total. The molecule has 1 saturated heterocycles. The standard InChI is InChI=1S/C22H34N2O4/c1-17(2)13-24(22(26)18-7-3-4-8-18)16-21(25)23(14-19-9-5-11-27-19)15-20-10-6-12-28-20/h5,9,11,17-18,20H,3-4,6-8,10,12-16H2,1-2H3/t20-/m1/s1. The number of rotatable bonds is 9. The normalized spacial score (nSPS) is 20.0. The van der Waals surface area contributed by atoms with Gasteiger partial charge >= 0.3 is 0 Å². The van der Waals surface area contributed by atoms with Crippen molar-refractivity contribution in [3.8, 4) is 0 Å². The molecule has 0 bridgehead atoms. The van der Waals surface area contributed by atoms with E-state index in [9.17, 15) is 9.59 Å². The van der Waals surface area contributed by atoms with E-state index in [-0.39, 0.29) is 30.4 Å². The molecule has 0 radical (unpaired) electrons. The third kappa shape index (κ3) is 5.84. The van der Waals surface area contributed by atoms with E-state index in [2.05, 4.69) is 13.8 Å². The molecule has 1 aromatic heterocycles. The molecule has 2 aliphatic rings. The molecule has 1 aliphatic heterocycles. The van der Waals surface area contributed by atoms with Gasteiger partial charge in [0.05, 0.1) is 25.5 Å². The van der Waals surface area contributed by atoms with E-state index in [0.717, 1.165) is 50.9 Å². The summed E-state index contributed by atoms with van der Waals surface area (Å²) < 4.78 is 11.2. The van der Waals surface area contributed by atoms with Gasteiger partial charge in [-0.05, 0) is 43.7 Å². The molecule has 0 aromatic carbocycles. The zero-order valence-corrected chi connectivity index (χ0v) is 17.3. The highest BCUT2D eigenvalue weighted by molar-refractivity contribution is 5.86. The molecular formula is C22H34N2O4. The van der Waals surface area contributed by atoms with Crippen LogP contribution >= 0.6 is 0 Å². The van der Waals surface area contributed by atoms with E-state index in [0.29, 0.717) is 25.6 Å². The van der Waals surface area contributed by atoms with Crippen LogP contribution in [0.25, 0.3) is 0 Å². The van der Waals surface area contributed by atoms with Crippen molar-refractivity contribution in [3.63, 3.8) is 0 Å². The van der Waals surface area contributed by atoms with Crippen LogP contribution in [0.1, 0.15) is 58.1 Å². The summed E-state index contributed by atoms with van der Waals surface area (Å²) in [6, 6.07) is 3.71. The van der Waals surface area contributed by atoms with Crippen molar-refractivity contribution >= 4 is 11.8 Å². The fourth-order valence-corrected chi connectivity index (χ4v) is 4.25. The molecule has 2 fully saturated rings. The average Bonchev–Trinajstić information content (AvgIpc) is 3.42. The minimum absolute atomic E-state index is 0.0288. The van der Waals surface area contributed by atoms with E-state index in [4.69, 9.17) is 9.15 Å². The smallest absolute Gasteiger partial charge is 0.242 e. The van der Waals surface area contributed by atoms with Gasteiger partial charge in [-0.2, -0.15) is 0 Å². The molecule has 28 heavy (non-hydrogen) atoms. The molecule has 2 amide bonds. The second-order valence-corrected chi connectivity index (χ2v) is 8.58. The summed E-state index contributed by atoms with van der Waals surface area (Å²) >= 11 is 0. The summed E-state index contributed by atoms with van der Waals surface area (Å²) in [5.41, 5.74) is 0. The van der Waals surface area contributed by atoms with Crippen molar-refractivity contribution in [1.82, 2.24) is 9.80 Å². The first-order valence-electron chi connectivity index (χ1n) is 10.7. The molecule has 3 rings (SSSR count). The quantitative estimate of drug-likeness (QED) is 0.648. The molecule has 156 valence electrons. The van der Waals surface area contributed by atoms with E-state index >= 15 is 0 Å². The summed E-state index contributed by atoms with van der Waals surface area (Å²) in [7, 11) is 0. The predicted molar refractivity (Wildman–Crippen MR) is 106 cm³/mol. The first kappa shape index (κ1) is 20.9. The van der Waals surface area contributed by atoms with Gasteiger partial charge in [0, 0.05) is 25.6 Å². The predicted octanol–water partition coefficient (Wildman–Crippen LogP) is 3.46. The molecule has 0 unspecified atom stereocenters. The zero-order valence-electron chi connectivity index (χ0n) is 17.3. The van der Waals surface area contributed by atoms with Gasteiger partial charge < -0.3 is 19.0 Å². The van der Waals surface area contributed by atoms with Gasteiger partial charge in [0.15, 0.2) is 0 Å². The number of carbonyl (C=O) groups excluding carboxylic acids is 2. The van der Waals surface area contributed by atoms with Gasteiger partial charge in [0.25, 0.3) is 0 Å². The Morgan fingerprint density at radius 3 is 2.54 bits per heavy atom. The molecule has 2 heterocycles. The summed E-state index contributed by atoms with van der Waals surface area (Å²) in [5, 5.41) is 0. The minimum Gasteiger partial charge on any atom is -0.467 e. The number of nitrogens with zero attached hydrogens (tertiary/aromatic N) is 2. The van der Waals surface area contributed by atoms with Crippen LogP contribution in [0.15, 0.2) is 22.8 Å². The molecule has 0 spiro atoms. The van der Waals surface area contributed by atoms with Crippen LogP contribution in [0, 0.1) is 11.8 Å². The van der Waals surface area contributed by atoms with Crippen LogP contribution < -0.4 is 0 Å². The van der Waals surface area contributed by atoms with Gasteiger partial charge in [-0.15, -0.1) is 0 Å². The lowest BCUT2D eigenvalue weighted by molar-refractivity contribution is -0.144. The third-order valence-electron chi connectivity index (χ3n) is 5.66. The number of hydrogen-bond donors (Lipinski definition) is 0. The number of furan rings is 1. The van der Waals surface area contributed by atoms with Crippen LogP contribution in [0.3, 0.4) is 0 Å². The average molecular weight is 391 g/mol. The SMILES string of the molecule is CC(C)CN(CC(=O)N(Cc1ccco1)C[C@H]1CCCO1)C(=O)C1CCCC1. The molecule has 1 saturated carbocycles. The van der Waals surface area contributed by atoms with E-state index < -0.39 is 0 Å². The van der Waals surface area contributed by atoms with Crippen LogP contribution in [-0.2, 0) is 20.9 Å². The Balaban J connectivity index is 1.67. The lowest BCUT2D eigenvalue weighted by atomic mass is 10.1. The van der Waals surface area contributed by atoms with E-state index in [1.165, 1.54) is 0 Å². The zero-order chi connectivity index (χ0) is 19.9. The molecule has 0 N–H and O–H groups in total. The maximum atomic E-state index is 13.2. The monoisotopic (exact) mass is 390 g/mol. The van der Waals surface area contributed by atoms with Crippen LogP contribution in [0.2, 0.25) is 0 Å². The number of ether oxygens (including phenoxy) is 1. The fourth-order valence-electron chi connectivity index (χ4n) is 4.25. The van der Waals surface area contributed by atoms with Crippen LogP contribution in [0.4, 0.5) is 0 Å². The highest BCUT2D eigenvalue weighted by atomic mass is 16.5. The van der Waals surface area contributed by atoms with Gasteiger partial charge in [-0.25, -0.2) is 0 Å². The summed E-state index contributed by atoms with van der Waals surface area (Å²) in [6.45, 7) is 6.66. The maximum Gasteiger partial charge on any atom is 0.242 e. The number of carbonyl (C=O) groups is 2. The fraction of sp³-hybridized carbons (Fsp3) is 0.727. The Morgan fingerprint density at radius 2 is 1.93 bits per heavy atom. The first-order chi connectivity index (χ1) is 13.5. The highest BCUT2D eigenvalue weighted by Crippen LogP contribution is 2.27.